The van der Waals surface area contributed by atoms with Gasteiger partial charge in [0, 0.05) is 17.9 Å². The van der Waals surface area contributed by atoms with Crippen molar-refractivity contribution < 1.29 is 19.1 Å². The van der Waals surface area contributed by atoms with Gasteiger partial charge in [-0.2, -0.15) is 0 Å². The zero-order valence-corrected chi connectivity index (χ0v) is 14.4. The van der Waals surface area contributed by atoms with E-state index in [0.717, 1.165) is 0 Å². The lowest BCUT2D eigenvalue weighted by molar-refractivity contribution is -0.150. The highest BCUT2D eigenvalue weighted by atomic mass is 35.5. The van der Waals surface area contributed by atoms with Crippen LogP contribution >= 0.6 is 23.2 Å². The average Bonchev–Trinajstić information content (AvgIpc) is 2.41. The first-order valence-corrected chi connectivity index (χ1v) is 7.90. The van der Waals surface area contributed by atoms with Crippen molar-refractivity contribution in [3.8, 4) is 5.75 Å². The van der Waals surface area contributed by atoms with Crippen molar-refractivity contribution in [1.29, 1.82) is 0 Å². The summed E-state index contributed by atoms with van der Waals surface area (Å²) in [6.45, 7) is 5.80. The molecule has 122 valence electrons. The van der Waals surface area contributed by atoms with Gasteiger partial charge >= 0.3 is 11.9 Å². The quantitative estimate of drug-likeness (QED) is 0.532. The Balaban J connectivity index is 2.33. The zero-order chi connectivity index (χ0) is 16.7. The molecule has 0 heterocycles. The monoisotopic (exact) mass is 346 g/mol. The molecule has 0 N–H and O–H groups in total. The molecule has 0 saturated carbocycles. The van der Waals surface area contributed by atoms with Crippen molar-refractivity contribution >= 4 is 35.1 Å². The van der Waals surface area contributed by atoms with E-state index < -0.39 is 5.97 Å². The molecule has 0 aliphatic heterocycles. The second-order valence-electron chi connectivity index (χ2n) is 5.34. The Morgan fingerprint density at radius 3 is 2.32 bits per heavy atom. The molecule has 0 fully saturated rings. The molecule has 1 unspecified atom stereocenters. The van der Waals surface area contributed by atoms with Gasteiger partial charge in [0.15, 0.2) is 0 Å². The van der Waals surface area contributed by atoms with Crippen LogP contribution in [0.2, 0.25) is 10.0 Å². The Morgan fingerprint density at radius 2 is 1.73 bits per heavy atom. The molecule has 0 radical (unpaired) electrons. The molecule has 0 saturated heterocycles. The Labute approximate surface area is 140 Å². The predicted molar refractivity (Wildman–Crippen MR) is 86.3 cm³/mol. The maximum atomic E-state index is 11.7. The fraction of sp³-hybridized carbons (Fsp3) is 0.500. The molecule has 0 aliphatic rings. The van der Waals surface area contributed by atoms with Gasteiger partial charge < -0.3 is 9.47 Å². The van der Waals surface area contributed by atoms with E-state index in [1.807, 2.05) is 20.8 Å². The van der Waals surface area contributed by atoms with Crippen LogP contribution in [0, 0.1) is 5.92 Å². The number of rotatable bonds is 7. The summed E-state index contributed by atoms with van der Waals surface area (Å²) in [7, 11) is 0. The van der Waals surface area contributed by atoms with Crippen LogP contribution in [0.5, 0.6) is 5.75 Å². The highest BCUT2D eigenvalue weighted by molar-refractivity contribution is 6.35. The van der Waals surface area contributed by atoms with Gasteiger partial charge in [0.1, 0.15) is 11.9 Å². The number of carbonyl (C=O) groups excluding carboxylic acids is 2. The normalized spacial score (nSPS) is 12.1. The number of esters is 2. The van der Waals surface area contributed by atoms with Crippen molar-refractivity contribution in [2.75, 3.05) is 0 Å². The molecule has 1 aromatic carbocycles. The minimum atomic E-state index is -0.450. The molecule has 6 heteroatoms. The topological polar surface area (TPSA) is 52.6 Å². The third-order valence-corrected chi connectivity index (χ3v) is 3.67. The fourth-order valence-corrected chi connectivity index (χ4v) is 1.96. The molecule has 1 rings (SSSR count). The van der Waals surface area contributed by atoms with Gasteiger partial charge in [-0.1, -0.05) is 37.0 Å². The number of benzene rings is 1. The largest absolute Gasteiger partial charge is 0.462 e. The summed E-state index contributed by atoms with van der Waals surface area (Å²) in [4.78, 5) is 23.3. The van der Waals surface area contributed by atoms with E-state index in [9.17, 15) is 9.59 Å². The molecule has 0 aromatic heterocycles. The van der Waals surface area contributed by atoms with Crippen LogP contribution in [0.4, 0.5) is 0 Å². The first-order chi connectivity index (χ1) is 10.3. The van der Waals surface area contributed by atoms with E-state index in [4.69, 9.17) is 32.7 Å². The first-order valence-electron chi connectivity index (χ1n) is 7.14. The van der Waals surface area contributed by atoms with Gasteiger partial charge in [-0.15, -0.1) is 0 Å². The Morgan fingerprint density at radius 1 is 1.09 bits per heavy atom. The number of ether oxygens (including phenoxy) is 2. The van der Waals surface area contributed by atoms with Crippen LogP contribution in [-0.2, 0) is 14.3 Å². The lowest BCUT2D eigenvalue weighted by atomic mass is 10.1. The van der Waals surface area contributed by atoms with E-state index in [2.05, 4.69) is 0 Å². The summed E-state index contributed by atoms with van der Waals surface area (Å²) in [6, 6.07) is 4.61. The van der Waals surface area contributed by atoms with E-state index in [-0.39, 0.29) is 41.6 Å². The highest BCUT2D eigenvalue weighted by Crippen LogP contribution is 2.27. The summed E-state index contributed by atoms with van der Waals surface area (Å²) in [5.74, 6) is -0.236. The third kappa shape index (κ3) is 6.67. The number of hydrogen-bond donors (Lipinski definition) is 0. The van der Waals surface area contributed by atoms with Crippen molar-refractivity contribution in [2.45, 2.75) is 46.1 Å². The summed E-state index contributed by atoms with van der Waals surface area (Å²) < 4.78 is 10.3. The van der Waals surface area contributed by atoms with Crippen LogP contribution in [0.25, 0.3) is 0 Å². The third-order valence-electron chi connectivity index (χ3n) is 3.14. The predicted octanol–water partition coefficient (Wildman–Crippen LogP) is 4.66. The molecular weight excluding hydrogens is 327 g/mol. The van der Waals surface area contributed by atoms with E-state index in [1.54, 1.807) is 6.07 Å². The molecular formula is C16H20Cl2O4. The Kier molecular flexibility index (Phi) is 7.69. The standard InChI is InChI=1S/C16H20Cl2O4/c1-10(2)11(3)21-15(19)5-4-6-16(20)22-14-8-7-12(17)9-13(14)18/h7-11H,4-6H2,1-3H3. The van der Waals surface area contributed by atoms with Crippen molar-refractivity contribution in [3.05, 3.63) is 28.2 Å². The molecule has 0 spiro atoms. The molecule has 4 nitrogen and oxygen atoms in total. The molecule has 0 aliphatic carbocycles. The number of hydrogen-bond acceptors (Lipinski definition) is 4. The summed E-state index contributed by atoms with van der Waals surface area (Å²) in [5, 5.41) is 0.734. The van der Waals surface area contributed by atoms with Gasteiger partial charge in [-0.3, -0.25) is 9.59 Å². The van der Waals surface area contributed by atoms with Gasteiger partial charge in [0.05, 0.1) is 5.02 Å². The lowest BCUT2D eigenvalue weighted by Crippen LogP contribution is -2.20. The van der Waals surface area contributed by atoms with Crippen molar-refractivity contribution in [1.82, 2.24) is 0 Å². The van der Waals surface area contributed by atoms with Crippen LogP contribution in [0.1, 0.15) is 40.0 Å². The van der Waals surface area contributed by atoms with E-state index in [1.165, 1.54) is 12.1 Å². The lowest BCUT2D eigenvalue weighted by Gasteiger charge is -2.16. The smallest absolute Gasteiger partial charge is 0.311 e. The molecule has 22 heavy (non-hydrogen) atoms. The minimum Gasteiger partial charge on any atom is -0.462 e. The van der Waals surface area contributed by atoms with E-state index >= 15 is 0 Å². The van der Waals surface area contributed by atoms with Crippen LogP contribution in [-0.4, -0.2) is 18.0 Å². The Hall–Kier alpha value is -1.26. The number of halogens is 2. The minimum absolute atomic E-state index is 0.115. The van der Waals surface area contributed by atoms with Gasteiger partial charge in [-0.25, -0.2) is 0 Å². The average molecular weight is 347 g/mol. The van der Waals surface area contributed by atoms with Gasteiger partial charge in [0.2, 0.25) is 0 Å². The number of carbonyl (C=O) groups is 2. The highest BCUT2D eigenvalue weighted by Gasteiger charge is 2.14. The van der Waals surface area contributed by atoms with Crippen LogP contribution in [0.15, 0.2) is 18.2 Å². The molecule has 1 aromatic rings. The maximum absolute atomic E-state index is 11.7. The zero-order valence-electron chi connectivity index (χ0n) is 12.9. The van der Waals surface area contributed by atoms with Crippen molar-refractivity contribution in [3.63, 3.8) is 0 Å². The maximum Gasteiger partial charge on any atom is 0.311 e. The van der Waals surface area contributed by atoms with Crippen LogP contribution < -0.4 is 4.74 Å². The molecule has 0 bridgehead atoms. The second-order valence-corrected chi connectivity index (χ2v) is 6.18. The second kappa shape index (κ2) is 9.01. The van der Waals surface area contributed by atoms with E-state index in [0.29, 0.717) is 11.4 Å². The van der Waals surface area contributed by atoms with Crippen LogP contribution in [0.3, 0.4) is 0 Å². The summed E-state index contributed by atoms with van der Waals surface area (Å²) in [5.41, 5.74) is 0. The fourth-order valence-electron chi connectivity index (χ4n) is 1.51. The molecule has 0 amide bonds. The first kappa shape index (κ1) is 18.8. The SMILES string of the molecule is CC(C)C(C)OC(=O)CCCC(=O)Oc1ccc(Cl)cc1Cl. The summed E-state index contributed by atoms with van der Waals surface area (Å²) >= 11 is 11.7. The molecule has 1 atom stereocenters. The Bertz CT molecular complexity index is 529. The van der Waals surface area contributed by atoms with Gasteiger partial charge in [-0.05, 0) is 37.5 Å². The summed E-state index contributed by atoms with van der Waals surface area (Å²) in [6.07, 6.45) is 0.533. The van der Waals surface area contributed by atoms with Gasteiger partial charge in [0.25, 0.3) is 0 Å². The van der Waals surface area contributed by atoms with Crippen molar-refractivity contribution in [2.24, 2.45) is 5.92 Å².